The fourth-order valence-electron chi connectivity index (χ4n) is 2.24. The van der Waals surface area contributed by atoms with E-state index in [2.05, 4.69) is 15.3 Å². The summed E-state index contributed by atoms with van der Waals surface area (Å²) in [6.45, 7) is 0.574. The van der Waals surface area contributed by atoms with Crippen molar-refractivity contribution in [3.63, 3.8) is 0 Å². The van der Waals surface area contributed by atoms with E-state index >= 15 is 0 Å². The number of aromatic nitrogens is 2. The molecule has 0 aliphatic rings. The number of amides is 1. The van der Waals surface area contributed by atoms with Gasteiger partial charge in [0.2, 0.25) is 11.9 Å². The van der Waals surface area contributed by atoms with Gasteiger partial charge in [-0.05, 0) is 35.9 Å². The fraction of sp³-hybridized carbons (Fsp3) is 0.0556. The second-order valence-electron chi connectivity index (χ2n) is 5.19. The summed E-state index contributed by atoms with van der Waals surface area (Å²) in [6.07, 6.45) is 1.69. The Morgan fingerprint density at radius 3 is 2.62 bits per heavy atom. The highest BCUT2D eigenvalue weighted by atomic mass is 35.5. The Bertz CT molecular complexity index is 865. The third-order valence-electron chi connectivity index (χ3n) is 3.46. The smallest absolute Gasteiger partial charge is 0.248 e. The maximum absolute atomic E-state index is 11.1. The Balaban J connectivity index is 1.75. The molecule has 5 nitrogen and oxygen atoms in total. The van der Waals surface area contributed by atoms with Crippen molar-refractivity contribution >= 4 is 23.5 Å². The Hall–Kier alpha value is -2.92. The lowest BCUT2D eigenvalue weighted by atomic mass is 10.1. The lowest BCUT2D eigenvalue weighted by Crippen LogP contribution is -2.10. The molecule has 0 saturated carbocycles. The highest BCUT2D eigenvalue weighted by molar-refractivity contribution is 6.30. The summed E-state index contributed by atoms with van der Waals surface area (Å²) in [7, 11) is 0. The number of hydrogen-bond donors (Lipinski definition) is 2. The summed E-state index contributed by atoms with van der Waals surface area (Å²) < 4.78 is 0. The molecule has 24 heavy (non-hydrogen) atoms. The Labute approximate surface area is 144 Å². The fourth-order valence-corrected chi connectivity index (χ4v) is 2.45. The molecule has 1 heterocycles. The first-order valence-electron chi connectivity index (χ1n) is 7.33. The molecule has 3 aromatic rings. The predicted molar refractivity (Wildman–Crippen MR) is 94.8 cm³/mol. The molecule has 0 unspecified atom stereocenters. The van der Waals surface area contributed by atoms with Crippen LogP contribution in [0.2, 0.25) is 5.02 Å². The summed E-state index contributed by atoms with van der Waals surface area (Å²) in [5, 5.41) is 3.87. The number of anilines is 1. The third kappa shape index (κ3) is 3.88. The zero-order chi connectivity index (χ0) is 16.9. The van der Waals surface area contributed by atoms with Crippen LogP contribution in [0.4, 0.5) is 5.95 Å². The largest absolute Gasteiger partial charge is 0.366 e. The Morgan fingerprint density at radius 1 is 1.12 bits per heavy atom. The first-order chi connectivity index (χ1) is 11.6. The molecule has 1 aromatic heterocycles. The average Bonchev–Trinajstić information content (AvgIpc) is 2.60. The third-order valence-corrected chi connectivity index (χ3v) is 3.70. The number of nitrogens with zero attached hydrogens (tertiary/aromatic N) is 2. The van der Waals surface area contributed by atoms with E-state index in [1.807, 2.05) is 42.5 Å². The summed E-state index contributed by atoms with van der Waals surface area (Å²) in [4.78, 5) is 19.8. The van der Waals surface area contributed by atoms with Gasteiger partial charge >= 0.3 is 0 Å². The number of halogens is 1. The highest BCUT2D eigenvalue weighted by Gasteiger charge is 2.05. The monoisotopic (exact) mass is 338 g/mol. The van der Waals surface area contributed by atoms with Crippen LogP contribution in [0, 0.1) is 0 Å². The van der Waals surface area contributed by atoms with Gasteiger partial charge in [0.25, 0.3) is 0 Å². The second kappa shape index (κ2) is 7.10. The van der Waals surface area contributed by atoms with E-state index in [9.17, 15) is 4.79 Å². The van der Waals surface area contributed by atoms with Gasteiger partial charge in [-0.3, -0.25) is 4.79 Å². The summed E-state index contributed by atoms with van der Waals surface area (Å²) in [5.41, 5.74) is 8.40. The van der Waals surface area contributed by atoms with Gasteiger partial charge in [-0.1, -0.05) is 35.9 Å². The minimum atomic E-state index is -0.451. The average molecular weight is 339 g/mol. The molecule has 0 aliphatic carbocycles. The van der Waals surface area contributed by atoms with E-state index < -0.39 is 5.91 Å². The minimum absolute atomic E-state index is 0.451. The Morgan fingerprint density at radius 2 is 1.92 bits per heavy atom. The van der Waals surface area contributed by atoms with Gasteiger partial charge in [-0.15, -0.1) is 0 Å². The number of rotatable bonds is 5. The molecule has 3 N–H and O–H groups in total. The van der Waals surface area contributed by atoms with Crippen molar-refractivity contribution in [1.29, 1.82) is 0 Å². The normalized spacial score (nSPS) is 10.4. The number of benzene rings is 2. The molecule has 3 rings (SSSR count). The predicted octanol–water partition coefficient (Wildman–Crippen LogP) is 3.51. The minimum Gasteiger partial charge on any atom is -0.366 e. The van der Waals surface area contributed by atoms with E-state index in [0.29, 0.717) is 23.1 Å². The second-order valence-corrected chi connectivity index (χ2v) is 5.63. The number of nitrogens with two attached hydrogens (primary N) is 1. The molecule has 0 atom stereocenters. The molecule has 6 heteroatoms. The van der Waals surface area contributed by atoms with Gasteiger partial charge in [0.15, 0.2) is 0 Å². The van der Waals surface area contributed by atoms with E-state index in [-0.39, 0.29) is 0 Å². The van der Waals surface area contributed by atoms with Gasteiger partial charge in [0.1, 0.15) is 0 Å². The van der Waals surface area contributed by atoms with Crippen molar-refractivity contribution in [2.45, 2.75) is 6.54 Å². The molecule has 0 aliphatic heterocycles. The molecule has 2 aromatic carbocycles. The van der Waals surface area contributed by atoms with Crippen LogP contribution >= 0.6 is 11.6 Å². The zero-order valence-corrected chi connectivity index (χ0v) is 13.5. The summed E-state index contributed by atoms with van der Waals surface area (Å²) >= 11 is 5.97. The van der Waals surface area contributed by atoms with Gasteiger partial charge in [-0.2, -0.15) is 0 Å². The maximum atomic E-state index is 11.1. The standard InChI is InChI=1S/C18H15ClN4O/c19-15-3-1-2-12(10-15)11-22-18-21-9-8-16(23-18)13-4-6-14(7-5-13)17(20)24/h1-10H,11H2,(H2,20,24)(H,21,22,23). The van der Waals surface area contributed by atoms with Crippen molar-refractivity contribution in [2.24, 2.45) is 5.73 Å². The Kier molecular flexibility index (Phi) is 4.72. The van der Waals surface area contributed by atoms with Crippen LogP contribution < -0.4 is 11.1 Å². The molecular formula is C18H15ClN4O. The molecule has 0 spiro atoms. The van der Waals surface area contributed by atoms with Crippen molar-refractivity contribution in [3.8, 4) is 11.3 Å². The van der Waals surface area contributed by atoms with Gasteiger partial charge in [0, 0.05) is 28.9 Å². The van der Waals surface area contributed by atoms with Crippen LogP contribution in [-0.4, -0.2) is 15.9 Å². The van der Waals surface area contributed by atoms with Gasteiger partial charge in [0.05, 0.1) is 5.69 Å². The van der Waals surface area contributed by atoms with Crippen molar-refractivity contribution in [1.82, 2.24) is 9.97 Å². The van der Waals surface area contributed by atoms with Crippen LogP contribution in [0.5, 0.6) is 0 Å². The van der Waals surface area contributed by atoms with Crippen LogP contribution in [0.1, 0.15) is 15.9 Å². The van der Waals surface area contributed by atoms with E-state index in [0.717, 1.165) is 16.8 Å². The first kappa shape index (κ1) is 16.0. The van der Waals surface area contributed by atoms with Crippen LogP contribution in [-0.2, 0) is 6.54 Å². The van der Waals surface area contributed by atoms with Crippen molar-refractivity contribution < 1.29 is 4.79 Å². The van der Waals surface area contributed by atoms with Crippen molar-refractivity contribution in [3.05, 3.63) is 76.9 Å². The van der Waals surface area contributed by atoms with Gasteiger partial charge < -0.3 is 11.1 Å². The number of carbonyl (C=O) groups excluding carboxylic acids is 1. The van der Waals surface area contributed by atoms with Crippen LogP contribution in [0.3, 0.4) is 0 Å². The zero-order valence-electron chi connectivity index (χ0n) is 12.7. The van der Waals surface area contributed by atoms with E-state index in [1.54, 1.807) is 18.3 Å². The SMILES string of the molecule is NC(=O)c1ccc(-c2ccnc(NCc3cccc(Cl)c3)n2)cc1. The summed E-state index contributed by atoms with van der Waals surface area (Å²) in [6, 6.07) is 16.4. The molecule has 0 fully saturated rings. The number of hydrogen-bond acceptors (Lipinski definition) is 4. The first-order valence-corrected chi connectivity index (χ1v) is 7.71. The summed E-state index contributed by atoms with van der Waals surface area (Å²) in [5.74, 6) is 0.0690. The van der Waals surface area contributed by atoms with Crippen molar-refractivity contribution in [2.75, 3.05) is 5.32 Å². The molecule has 0 radical (unpaired) electrons. The molecule has 0 saturated heterocycles. The molecule has 0 bridgehead atoms. The quantitative estimate of drug-likeness (QED) is 0.746. The lowest BCUT2D eigenvalue weighted by molar-refractivity contribution is 0.100. The molecule has 1 amide bonds. The van der Waals surface area contributed by atoms with Crippen LogP contribution in [0.25, 0.3) is 11.3 Å². The van der Waals surface area contributed by atoms with Crippen LogP contribution in [0.15, 0.2) is 60.8 Å². The highest BCUT2D eigenvalue weighted by Crippen LogP contribution is 2.19. The lowest BCUT2D eigenvalue weighted by Gasteiger charge is -2.07. The number of nitrogens with one attached hydrogen (secondary N) is 1. The topological polar surface area (TPSA) is 80.9 Å². The number of primary amides is 1. The van der Waals surface area contributed by atoms with E-state index in [4.69, 9.17) is 17.3 Å². The molecular weight excluding hydrogens is 324 g/mol. The molecule has 120 valence electrons. The van der Waals surface area contributed by atoms with E-state index in [1.165, 1.54) is 0 Å². The maximum Gasteiger partial charge on any atom is 0.248 e. The number of carbonyl (C=O) groups is 1. The van der Waals surface area contributed by atoms with Gasteiger partial charge in [-0.25, -0.2) is 9.97 Å².